The topological polar surface area (TPSA) is 50.4 Å². The van der Waals surface area contributed by atoms with Gasteiger partial charge in [-0.1, -0.05) is 53.2 Å². The molecule has 4 nitrogen and oxygen atoms in total. The fraction of sp³-hybridized carbons (Fsp3) is 0.158. The Bertz CT molecular complexity index is 928. The van der Waals surface area contributed by atoms with Crippen LogP contribution in [0.2, 0.25) is 5.02 Å². The number of nitrogens with zero attached hydrogens (tertiary/aromatic N) is 2. The quantitative estimate of drug-likeness (QED) is 0.755. The molecular weight excluding hydrogens is 322 g/mol. The predicted molar refractivity (Wildman–Crippen MR) is 95.6 cm³/mol. The molecule has 5 heteroatoms. The highest BCUT2D eigenvalue weighted by Gasteiger charge is 2.29. The zero-order valence-electron chi connectivity index (χ0n) is 13.4. The van der Waals surface area contributed by atoms with Crippen molar-refractivity contribution in [3.8, 4) is 11.1 Å². The van der Waals surface area contributed by atoms with Crippen LogP contribution in [0.4, 0.5) is 0 Å². The largest absolute Gasteiger partial charge is 0.357 e. The molecule has 0 amide bonds. The number of fused-ring (bicyclic) bond motifs is 3. The van der Waals surface area contributed by atoms with E-state index in [1.807, 2.05) is 50.4 Å². The lowest BCUT2D eigenvalue weighted by Crippen LogP contribution is -2.15. The van der Waals surface area contributed by atoms with Crippen molar-refractivity contribution in [3.05, 3.63) is 76.1 Å². The van der Waals surface area contributed by atoms with Gasteiger partial charge in [0.05, 0.1) is 17.0 Å². The van der Waals surface area contributed by atoms with Gasteiger partial charge >= 0.3 is 0 Å². The average molecular weight is 338 g/mol. The summed E-state index contributed by atoms with van der Waals surface area (Å²) in [5.74, 6) is 0.742. The lowest BCUT2D eigenvalue weighted by molar-refractivity contribution is 0.348. The molecule has 0 bridgehead atoms. The minimum atomic E-state index is -0.292. The number of nitrogens with one attached hydrogen (secondary N) is 1. The number of hydrogen-bond acceptors (Lipinski definition) is 4. The summed E-state index contributed by atoms with van der Waals surface area (Å²) >= 11 is 6.04. The number of rotatable bonds is 2. The first-order valence-electron chi connectivity index (χ1n) is 7.76. The van der Waals surface area contributed by atoms with Crippen LogP contribution in [-0.2, 0) is 0 Å². The van der Waals surface area contributed by atoms with E-state index in [9.17, 15) is 0 Å². The molecule has 2 aromatic carbocycles. The molecule has 0 fully saturated rings. The first-order valence-corrected chi connectivity index (χ1v) is 8.14. The van der Waals surface area contributed by atoms with Crippen LogP contribution in [-0.4, -0.2) is 17.9 Å². The Kier molecular flexibility index (Phi) is 3.71. The SMILES string of the molecule is CNC1N=C(c2ccc(Cl)cc2)c2ccccc2-c2c(C)noc21. The third-order valence-corrected chi connectivity index (χ3v) is 4.49. The standard InChI is InChI=1S/C19H16ClN3O/c1-11-16-14-5-3-4-6-15(14)17(12-7-9-13(20)10-8-12)22-19(21-2)18(16)24-23-11/h3-10,19,21H,1-2H3. The molecule has 0 saturated carbocycles. The van der Waals surface area contributed by atoms with Gasteiger partial charge < -0.3 is 4.52 Å². The molecule has 0 saturated heterocycles. The molecule has 0 aliphatic carbocycles. The Morgan fingerprint density at radius 2 is 1.75 bits per heavy atom. The molecule has 1 atom stereocenters. The molecule has 1 aromatic heterocycles. The summed E-state index contributed by atoms with van der Waals surface area (Å²) in [7, 11) is 1.87. The highest BCUT2D eigenvalue weighted by atomic mass is 35.5. The van der Waals surface area contributed by atoms with Crippen LogP contribution >= 0.6 is 11.6 Å². The van der Waals surface area contributed by atoms with Gasteiger partial charge in [-0.05, 0) is 31.7 Å². The van der Waals surface area contributed by atoms with E-state index < -0.39 is 0 Å². The third-order valence-electron chi connectivity index (χ3n) is 4.24. The maximum atomic E-state index is 6.04. The Hall–Kier alpha value is -2.43. The molecule has 0 radical (unpaired) electrons. The van der Waals surface area contributed by atoms with E-state index >= 15 is 0 Å². The Labute approximate surface area is 145 Å². The van der Waals surface area contributed by atoms with E-state index in [1.165, 1.54) is 0 Å². The van der Waals surface area contributed by atoms with E-state index in [0.29, 0.717) is 5.02 Å². The van der Waals surface area contributed by atoms with E-state index in [1.54, 1.807) is 0 Å². The number of aryl methyl sites for hydroxylation is 1. The zero-order valence-corrected chi connectivity index (χ0v) is 14.1. The van der Waals surface area contributed by atoms with Gasteiger partial charge in [-0.2, -0.15) is 0 Å². The second-order valence-electron chi connectivity index (χ2n) is 5.73. The summed E-state index contributed by atoms with van der Waals surface area (Å²) < 4.78 is 5.59. The average Bonchev–Trinajstić information content (AvgIpc) is 2.91. The normalized spacial score (nSPS) is 16.1. The number of aliphatic imine (C=N–C) groups is 1. The van der Waals surface area contributed by atoms with Gasteiger partial charge in [-0.15, -0.1) is 0 Å². The Morgan fingerprint density at radius 3 is 2.46 bits per heavy atom. The Balaban J connectivity index is 2.01. The van der Waals surface area contributed by atoms with Crippen LogP contribution in [0.25, 0.3) is 11.1 Å². The van der Waals surface area contributed by atoms with Crippen molar-refractivity contribution < 1.29 is 4.52 Å². The van der Waals surface area contributed by atoms with Gasteiger partial charge in [0.2, 0.25) is 0 Å². The van der Waals surface area contributed by atoms with Crippen LogP contribution in [0.3, 0.4) is 0 Å². The van der Waals surface area contributed by atoms with Crippen molar-refractivity contribution in [2.45, 2.75) is 13.1 Å². The molecule has 1 N–H and O–H groups in total. The Morgan fingerprint density at radius 1 is 1.04 bits per heavy atom. The van der Waals surface area contributed by atoms with E-state index in [4.69, 9.17) is 21.1 Å². The molecule has 24 heavy (non-hydrogen) atoms. The minimum Gasteiger partial charge on any atom is -0.357 e. The maximum absolute atomic E-state index is 6.04. The minimum absolute atomic E-state index is 0.292. The fourth-order valence-electron chi connectivity index (χ4n) is 3.10. The summed E-state index contributed by atoms with van der Waals surface area (Å²) in [5.41, 5.74) is 5.95. The zero-order chi connectivity index (χ0) is 16.7. The van der Waals surface area contributed by atoms with Crippen molar-refractivity contribution >= 4 is 17.3 Å². The summed E-state index contributed by atoms with van der Waals surface area (Å²) in [5, 5.41) is 8.06. The molecule has 3 aromatic rings. The summed E-state index contributed by atoms with van der Waals surface area (Å²) in [6, 6.07) is 15.9. The lowest BCUT2D eigenvalue weighted by atomic mass is 9.93. The van der Waals surface area contributed by atoms with Crippen LogP contribution in [0, 0.1) is 6.92 Å². The van der Waals surface area contributed by atoms with Crippen molar-refractivity contribution in [1.29, 1.82) is 0 Å². The first kappa shape index (κ1) is 15.1. The summed E-state index contributed by atoms with van der Waals surface area (Å²) in [6.45, 7) is 1.96. The second-order valence-corrected chi connectivity index (χ2v) is 6.17. The van der Waals surface area contributed by atoms with Crippen LogP contribution < -0.4 is 5.32 Å². The van der Waals surface area contributed by atoms with E-state index in [-0.39, 0.29) is 6.17 Å². The van der Waals surface area contributed by atoms with Gasteiger partial charge in [0, 0.05) is 16.1 Å². The van der Waals surface area contributed by atoms with Gasteiger partial charge in [-0.25, -0.2) is 0 Å². The number of halogens is 1. The van der Waals surface area contributed by atoms with Gasteiger partial charge in [-0.3, -0.25) is 10.3 Å². The smallest absolute Gasteiger partial charge is 0.183 e. The van der Waals surface area contributed by atoms with Gasteiger partial charge in [0.1, 0.15) is 0 Å². The second kappa shape index (κ2) is 5.89. The van der Waals surface area contributed by atoms with Crippen LogP contribution in [0.15, 0.2) is 58.0 Å². The fourth-order valence-corrected chi connectivity index (χ4v) is 3.23. The highest BCUT2D eigenvalue weighted by Crippen LogP contribution is 2.38. The van der Waals surface area contributed by atoms with Crippen molar-refractivity contribution in [2.75, 3.05) is 7.05 Å². The van der Waals surface area contributed by atoms with Crippen molar-refractivity contribution in [1.82, 2.24) is 10.5 Å². The molecule has 120 valence electrons. The van der Waals surface area contributed by atoms with Crippen LogP contribution in [0.5, 0.6) is 0 Å². The van der Waals surface area contributed by atoms with E-state index in [2.05, 4.69) is 22.6 Å². The summed E-state index contributed by atoms with van der Waals surface area (Å²) in [6.07, 6.45) is -0.292. The molecule has 1 aliphatic heterocycles. The molecule has 0 spiro atoms. The summed E-state index contributed by atoms with van der Waals surface area (Å²) in [4.78, 5) is 4.92. The predicted octanol–water partition coefficient (Wildman–Crippen LogP) is 4.37. The van der Waals surface area contributed by atoms with E-state index in [0.717, 1.165) is 39.4 Å². The molecule has 4 rings (SSSR count). The molecule has 1 unspecified atom stereocenters. The number of hydrogen-bond donors (Lipinski definition) is 1. The highest BCUT2D eigenvalue weighted by molar-refractivity contribution is 6.30. The van der Waals surface area contributed by atoms with Gasteiger partial charge in [0.15, 0.2) is 11.9 Å². The monoisotopic (exact) mass is 337 g/mol. The van der Waals surface area contributed by atoms with Crippen molar-refractivity contribution in [3.63, 3.8) is 0 Å². The first-order chi connectivity index (χ1) is 11.7. The molecule has 1 aliphatic rings. The lowest BCUT2D eigenvalue weighted by Gasteiger charge is -2.11. The van der Waals surface area contributed by atoms with Gasteiger partial charge in [0.25, 0.3) is 0 Å². The molecular formula is C19H16ClN3O. The number of aromatic nitrogens is 1. The maximum Gasteiger partial charge on any atom is 0.183 e. The van der Waals surface area contributed by atoms with Crippen LogP contribution in [0.1, 0.15) is 28.7 Å². The number of benzene rings is 2. The molecule has 2 heterocycles. The van der Waals surface area contributed by atoms with Crippen molar-refractivity contribution in [2.24, 2.45) is 4.99 Å². The third kappa shape index (κ3) is 2.35.